The zero-order chi connectivity index (χ0) is 5.82. The van der Waals surface area contributed by atoms with Gasteiger partial charge in [0.1, 0.15) is 0 Å². The topological polar surface area (TPSA) is 35.8 Å². The number of nitrogens with zero attached hydrogens (tertiary/aromatic N) is 1. The van der Waals surface area contributed by atoms with Crippen molar-refractivity contribution in [1.82, 2.24) is 5.32 Å². The summed E-state index contributed by atoms with van der Waals surface area (Å²) in [6, 6.07) is 2.72. The second kappa shape index (κ2) is 2.68. The van der Waals surface area contributed by atoms with Gasteiger partial charge in [-0.05, 0) is 12.8 Å². The minimum absolute atomic E-state index is 0.519. The van der Waals surface area contributed by atoms with Crippen molar-refractivity contribution >= 4 is 0 Å². The molecule has 0 aromatic heterocycles. The summed E-state index contributed by atoms with van der Waals surface area (Å²) in [5.41, 5.74) is 0. The van der Waals surface area contributed by atoms with Crippen molar-refractivity contribution in [2.45, 2.75) is 25.3 Å². The third kappa shape index (κ3) is 1.21. The fraction of sp³-hybridized carbons (Fsp3) is 0.833. The zero-order valence-corrected chi connectivity index (χ0v) is 4.85. The summed E-state index contributed by atoms with van der Waals surface area (Å²) < 4.78 is 0. The van der Waals surface area contributed by atoms with E-state index >= 15 is 0 Å². The first-order chi connectivity index (χ1) is 3.93. The van der Waals surface area contributed by atoms with Crippen LogP contribution in [0.2, 0.25) is 0 Å². The van der Waals surface area contributed by atoms with E-state index in [1.807, 2.05) is 0 Å². The quantitative estimate of drug-likeness (QED) is 0.530. The predicted octanol–water partition coefficient (Wildman–Crippen LogP) is 0.652. The molecule has 44 valence electrons. The fourth-order valence-corrected chi connectivity index (χ4v) is 0.802. The average molecular weight is 110 g/mol. The van der Waals surface area contributed by atoms with E-state index < -0.39 is 0 Å². The second-order valence-corrected chi connectivity index (χ2v) is 2.17. The second-order valence-electron chi connectivity index (χ2n) is 2.17. The standard InChI is InChI=1S/C6H10N2/c7-4-5-8-6-2-1-3-6/h6,8H,1-3,5H2. The maximum absolute atomic E-state index is 8.12. The molecule has 1 fully saturated rings. The van der Waals surface area contributed by atoms with Crippen molar-refractivity contribution in [1.29, 1.82) is 5.26 Å². The van der Waals surface area contributed by atoms with Crippen LogP contribution in [-0.4, -0.2) is 12.6 Å². The third-order valence-corrected chi connectivity index (χ3v) is 1.57. The van der Waals surface area contributed by atoms with Crippen molar-refractivity contribution in [3.05, 3.63) is 0 Å². The van der Waals surface area contributed by atoms with Crippen LogP contribution in [-0.2, 0) is 0 Å². The van der Waals surface area contributed by atoms with Crippen LogP contribution in [0.5, 0.6) is 0 Å². The Morgan fingerprint density at radius 1 is 1.62 bits per heavy atom. The summed E-state index contributed by atoms with van der Waals surface area (Å²) in [6.45, 7) is 0.519. The molecule has 1 aliphatic rings. The summed E-state index contributed by atoms with van der Waals surface area (Å²) in [7, 11) is 0. The number of nitrogens with one attached hydrogen (secondary N) is 1. The highest BCUT2D eigenvalue weighted by atomic mass is 14.9. The molecule has 2 heteroatoms. The molecular weight excluding hydrogens is 100 g/mol. The van der Waals surface area contributed by atoms with Crippen molar-refractivity contribution in [3.8, 4) is 6.07 Å². The molecular formula is C6H10N2. The maximum atomic E-state index is 8.12. The average Bonchev–Trinajstić information content (AvgIpc) is 1.63. The number of nitriles is 1. The van der Waals surface area contributed by atoms with Crippen molar-refractivity contribution in [2.24, 2.45) is 0 Å². The molecule has 0 atom stereocenters. The van der Waals surface area contributed by atoms with Gasteiger partial charge in [-0.1, -0.05) is 6.42 Å². The summed E-state index contributed by atoms with van der Waals surface area (Å²) in [6.07, 6.45) is 3.87. The minimum Gasteiger partial charge on any atom is -0.302 e. The van der Waals surface area contributed by atoms with Gasteiger partial charge in [0, 0.05) is 6.04 Å². The fourth-order valence-electron chi connectivity index (χ4n) is 0.802. The summed E-state index contributed by atoms with van der Waals surface area (Å²) in [5.74, 6) is 0. The summed E-state index contributed by atoms with van der Waals surface area (Å²) in [5, 5.41) is 11.2. The third-order valence-electron chi connectivity index (χ3n) is 1.57. The van der Waals surface area contributed by atoms with Gasteiger partial charge in [0.2, 0.25) is 0 Å². The summed E-state index contributed by atoms with van der Waals surface area (Å²) in [4.78, 5) is 0. The van der Waals surface area contributed by atoms with Gasteiger partial charge < -0.3 is 5.32 Å². The van der Waals surface area contributed by atoms with Crippen LogP contribution in [0, 0.1) is 11.3 Å². The molecule has 1 aliphatic carbocycles. The largest absolute Gasteiger partial charge is 0.302 e. The van der Waals surface area contributed by atoms with Gasteiger partial charge in [-0.25, -0.2) is 0 Å². The number of hydrogen-bond acceptors (Lipinski definition) is 2. The van der Waals surface area contributed by atoms with Crippen LogP contribution in [0.25, 0.3) is 0 Å². The van der Waals surface area contributed by atoms with E-state index in [4.69, 9.17) is 5.26 Å². The lowest BCUT2D eigenvalue weighted by atomic mass is 9.93. The molecule has 1 saturated carbocycles. The molecule has 0 aromatic rings. The molecule has 0 aliphatic heterocycles. The number of rotatable bonds is 2. The zero-order valence-electron chi connectivity index (χ0n) is 4.85. The van der Waals surface area contributed by atoms with Crippen LogP contribution < -0.4 is 5.32 Å². The Morgan fingerprint density at radius 2 is 2.38 bits per heavy atom. The highest BCUT2D eigenvalue weighted by Crippen LogP contribution is 2.17. The van der Waals surface area contributed by atoms with Crippen LogP contribution in [0.15, 0.2) is 0 Å². The van der Waals surface area contributed by atoms with Crippen LogP contribution in [0.3, 0.4) is 0 Å². The molecule has 0 amide bonds. The lowest BCUT2D eigenvalue weighted by Crippen LogP contribution is -2.35. The molecule has 0 heterocycles. The highest BCUT2D eigenvalue weighted by Gasteiger charge is 2.15. The SMILES string of the molecule is N#CCNC1CCC1. The van der Waals surface area contributed by atoms with Crippen molar-refractivity contribution < 1.29 is 0 Å². The van der Waals surface area contributed by atoms with Gasteiger partial charge in [-0.3, -0.25) is 0 Å². The Bertz CT molecular complexity index is 99.6. The monoisotopic (exact) mass is 110 g/mol. The van der Waals surface area contributed by atoms with E-state index in [1.165, 1.54) is 19.3 Å². The van der Waals surface area contributed by atoms with Crippen LogP contribution >= 0.6 is 0 Å². The normalized spacial score (nSPS) is 19.4. The van der Waals surface area contributed by atoms with Gasteiger partial charge in [-0.2, -0.15) is 5.26 Å². The molecule has 8 heavy (non-hydrogen) atoms. The molecule has 0 bridgehead atoms. The van der Waals surface area contributed by atoms with Crippen molar-refractivity contribution in [3.63, 3.8) is 0 Å². The maximum Gasteiger partial charge on any atom is 0.0843 e. The van der Waals surface area contributed by atoms with Gasteiger partial charge in [0.25, 0.3) is 0 Å². The Kier molecular flexibility index (Phi) is 1.87. The Labute approximate surface area is 49.5 Å². The molecule has 1 rings (SSSR count). The van der Waals surface area contributed by atoms with E-state index in [1.54, 1.807) is 0 Å². The lowest BCUT2D eigenvalue weighted by Gasteiger charge is -2.24. The van der Waals surface area contributed by atoms with Gasteiger partial charge in [0.05, 0.1) is 12.6 Å². The molecule has 0 aromatic carbocycles. The van der Waals surface area contributed by atoms with Crippen LogP contribution in [0.1, 0.15) is 19.3 Å². The first-order valence-corrected chi connectivity index (χ1v) is 3.04. The van der Waals surface area contributed by atoms with E-state index in [9.17, 15) is 0 Å². The minimum atomic E-state index is 0.519. The predicted molar refractivity (Wildman–Crippen MR) is 31.3 cm³/mol. The van der Waals surface area contributed by atoms with E-state index in [2.05, 4.69) is 11.4 Å². The van der Waals surface area contributed by atoms with E-state index in [-0.39, 0.29) is 0 Å². The summed E-state index contributed by atoms with van der Waals surface area (Å²) >= 11 is 0. The van der Waals surface area contributed by atoms with Gasteiger partial charge in [-0.15, -0.1) is 0 Å². The molecule has 1 N–H and O–H groups in total. The molecule has 0 saturated heterocycles. The van der Waals surface area contributed by atoms with E-state index in [0.717, 1.165) is 0 Å². The highest BCUT2D eigenvalue weighted by molar-refractivity contribution is 4.82. The molecule has 0 spiro atoms. The smallest absolute Gasteiger partial charge is 0.0843 e. The molecule has 2 nitrogen and oxygen atoms in total. The lowest BCUT2D eigenvalue weighted by molar-refractivity contribution is 0.352. The van der Waals surface area contributed by atoms with Crippen LogP contribution in [0.4, 0.5) is 0 Å². The molecule has 0 radical (unpaired) electrons. The van der Waals surface area contributed by atoms with Crippen molar-refractivity contribution in [2.75, 3.05) is 6.54 Å². The first-order valence-electron chi connectivity index (χ1n) is 3.04. The van der Waals surface area contributed by atoms with Gasteiger partial charge in [0.15, 0.2) is 0 Å². The first kappa shape index (κ1) is 5.58. The Balaban J connectivity index is 1.95. The Morgan fingerprint density at radius 3 is 2.75 bits per heavy atom. The number of hydrogen-bond donors (Lipinski definition) is 1. The Hall–Kier alpha value is -0.550. The van der Waals surface area contributed by atoms with E-state index in [0.29, 0.717) is 12.6 Å². The van der Waals surface area contributed by atoms with Gasteiger partial charge >= 0.3 is 0 Å². The molecule has 0 unspecified atom stereocenters.